The molecule has 7 rings (SSSR count). The van der Waals surface area contributed by atoms with Crippen LogP contribution in [-0.4, -0.2) is 79.6 Å². The predicted octanol–water partition coefficient (Wildman–Crippen LogP) is 3.68. The normalized spacial score (nSPS) is 19.1. The van der Waals surface area contributed by atoms with E-state index in [1.165, 1.54) is 0 Å². The van der Waals surface area contributed by atoms with Gasteiger partial charge in [0.25, 0.3) is 0 Å². The van der Waals surface area contributed by atoms with Crippen LogP contribution in [0.1, 0.15) is 35.1 Å². The van der Waals surface area contributed by atoms with Crippen LogP contribution >= 0.6 is 0 Å². The van der Waals surface area contributed by atoms with Gasteiger partial charge < -0.3 is 25.3 Å². The van der Waals surface area contributed by atoms with E-state index in [9.17, 15) is 14.4 Å². The van der Waals surface area contributed by atoms with Gasteiger partial charge in [-0.2, -0.15) is 5.10 Å². The minimum Gasteiger partial charge on any atom is -0.336 e. The van der Waals surface area contributed by atoms with E-state index in [0.717, 1.165) is 38.8 Å². The first-order valence-electron chi connectivity index (χ1n) is 14.9. The van der Waals surface area contributed by atoms with Crippen LogP contribution in [-0.2, 0) is 30.7 Å². The molecule has 5 heterocycles. The number of aromatic amines is 1. The number of anilines is 1. The average Bonchev–Trinajstić information content (AvgIpc) is 3.48. The predicted molar refractivity (Wildman–Crippen MR) is 161 cm³/mol. The molecular formula is C32H34N8O3. The molecule has 3 N–H and O–H groups in total. The maximum atomic E-state index is 13.9. The van der Waals surface area contributed by atoms with Gasteiger partial charge in [0.15, 0.2) is 0 Å². The number of fused-ring (bicyclic) bond motifs is 4. The number of hydrogen-bond donors (Lipinski definition) is 3. The van der Waals surface area contributed by atoms with Crippen molar-refractivity contribution in [3.63, 3.8) is 0 Å². The van der Waals surface area contributed by atoms with Gasteiger partial charge in [0.2, 0.25) is 5.91 Å². The van der Waals surface area contributed by atoms with Crippen LogP contribution in [0.15, 0.2) is 67.1 Å². The number of carbonyl (C=O) groups excluding carboxylic acids is 3. The molecule has 1 unspecified atom stereocenters. The summed E-state index contributed by atoms with van der Waals surface area (Å²) in [6.07, 6.45) is 7.79. The minimum atomic E-state index is -0.683. The van der Waals surface area contributed by atoms with Crippen LogP contribution in [0.25, 0.3) is 10.9 Å². The SMILES string of the molecule is O=C(NC1Cc2ccc3[nH]ncc3c2CN(CCc2ccncc2)C1=O)N1CCC(N2Cc3ccccc3NC2=O)CC1. The Bertz CT molecular complexity index is 1660. The fourth-order valence-corrected chi connectivity index (χ4v) is 6.55. The maximum Gasteiger partial charge on any atom is 0.322 e. The molecular weight excluding hydrogens is 544 g/mol. The molecule has 2 aromatic heterocycles. The third-order valence-electron chi connectivity index (χ3n) is 8.99. The molecule has 1 atom stereocenters. The van der Waals surface area contributed by atoms with Crippen molar-refractivity contribution in [1.29, 1.82) is 0 Å². The molecule has 5 amide bonds. The topological polar surface area (TPSA) is 127 Å². The van der Waals surface area contributed by atoms with Gasteiger partial charge in [-0.3, -0.25) is 14.9 Å². The van der Waals surface area contributed by atoms with Crippen LogP contribution < -0.4 is 10.6 Å². The summed E-state index contributed by atoms with van der Waals surface area (Å²) in [5.41, 5.74) is 6.08. The Morgan fingerprint density at radius 3 is 2.63 bits per heavy atom. The maximum absolute atomic E-state index is 13.9. The Kier molecular flexibility index (Phi) is 7.14. The molecule has 0 bridgehead atoms. The number of amides is 5. The highest BCUT2D eigenvalue weighted by atomic mass is 16.2. The smallest absolute Gasteiger partial charge is 0.322 e. The van der Waals surface area contributed by atoms with Crippen molar-refractivity contribution in [3.05, 3.63) is 89.4 Å². The second-order valence-electron chi connectivity index (χ2n) is 11.5. The summed E-state index contributed by atoms with van der Waals surface area (Å²) in [7, 11) is 0. The van der Waals surface area contributed by atoms with Crippen LogP contribution in [0.5, 0.6) is 0 Å². The largest absolute Gasteiger partial charge is 0.336 e. The second kappa shape index (κ2) is 11.4. The van der Waals surface area contributed by atoms with Crippen molar-refractivity contribution in [3.8, 4) is 0 Å². The lowest BCUT2D eigenvalue weighted by atomic mass is 9.98. The van der Waals surface area contributed by atoms with E-state index >= 15 is 0 Å². The number of nitrogens with one attached hydrogen (secondary N) is 3. The number of aromatic nitrogens is 3. The van der Waals surface area contributed by atoms with E-state index in [2.05, 4.69) is 25.8 Å². The zero-order chi connectivity index (χ0) is 29.3. The third-order valence-corrected chi connectivity index (χ3v) is 8.99. The average molecular weight is 579 g/mol. The number of piperidine rings is 1. The molecule has 1 fully saturated rings. The second-order valence-corrected chi connectivity index (χ2v) is 11.5. The molecule has 3 aliphatic heterocycles. The Labute approximate surface area is 249 Å². The zero-order valence-electron chi connectivity index (χ0n) is 23.8. The van der Waals surface area contributed by atoms with Gasteiger partial charge in [0.05, 0.1) is 11.7 Å². The Hall–Kier alpha value is -4.93. The molecule has 1 saturated heterocycles. The lowest BCUT2D eigenvalue weighted by Crippen LogP contribution is -2.56. The Morgan fingerprint density at radius 1 is 0.977 bits per heavy atom. The number of pyridine rings is 1. The zero-order valence-corrected chi connectivity index (χ0v) is 23.8. The van der Waals surface area contributed by atoms with Crippen LogP contribution in [0, 0.1) is 0 Å². The highest BCUT2D eigenvalue weighted by Gasteiger charge is 2.35. The number of urea groups is 2. The van der Waals surface area contributed by atoms with E-state index in [4.69, 9.17) is 0 Å². The van der Waals surface area contributed by atoms with E-state index in [-0.39, 0.29) is 24.0 Å². The molecule has 0 aliphatic carbocycles. The molecule has 0 spiro atoms. The van der Waals surface area contributed by atoms with Crippen molar-refractivity contribution in [1.82, 2.24) is 35.2 Å². The molecule has 4 aromatic rings. The molecule has 3 aliphatic rings. The van der Waals surface area contributed by atoms with Gasteiger partial charge in [-0.25, -0.2) is 9.59 Å². The summed E-state index contributed by atoms with van der Waals surface area (Å²) in [6.45, 7) is 2.57. The molecule has 2 aromatic carbocycles. The van der Waals surface area contributed by atoms with Gasteiger partial charge in [-0.1, -0.05) is 24.3 Å². The standard InChI is InChI=1S/C32H34N8O3/c41-30-29(36-31(42)38-15-10-24(11-16-38)40-19-23-3-1-2-4-27(23)35-32(40)43)17-22-5-6-28-25(18-34-37-28)26(22)20-39(30)14-9-21-7-12-33-13-8-21/h1-8,12-13,18,24,29H,9-11,14-17,19-20H2,(H,34,37)(H,35,43)(H,36,42). The molecule has 11 heteroatoms. The monoisotopic (exact) mass is 578 g/mol. The number of para-hydroxylation sites is 1. The summed E-state index contributed by atoms with van der Waals surface area (Å²) >= 11 is 0. The lowest BCUT2D eigenvalue weighted by molar-refractivity contribution is -0.133. The highest BCUT2D eigenvalue weighted by molar-refractivity contribution is 5.93. The number of hydrogen-bond acceptors (Lipinski definition) is 5. The fraction of sp³-hybridized carbons (Fsp3) is 0.344. The molecule has 220 valence electrons. The first kappa shape index (κ1) is 26.9. The summed E-state index contributed by atoms with van der Waals surface area (Å²) in [5, 5.41) is 14.3. The molecule has 11 nitrogen and oxygen atoms in total. The summed E-state index contributed by atoms with van der Waals surface area (Å²) < 4.78 is 0. The Morgan fingerprint density at radius 2 is 1.79 bits per heavy atom. The van der Waals surface area contributed by atoms with Crippen molar-refractivity contribution in [2.45, 2.75) is 50.9 Å². The van der Waals surface area contributed by atoms with Crippen molar-refractivity contribution in [2.24, 2.45) is 0 Å². The van der Waals surface area contributed by atoms with Crippen LogP contribution in [0.3, 0.4) is 0 Å². The van der Waals surface area contributed by atoms with Crippen LogP contribution in [0.4, 0.5) is 15.3 Å². The van der Waals surface area contributed by atoms with Gasteiger partial charge in [0.1, 0.15) is 6.04 Å². The summed E-state index contributed by atoms with van der Waals surface area (Å²) in [5.74, 6) is -0.0891. The molecule has 43 heavy (non-hydrogen) atoms. The summed E-state index contributed by atoms with van der Waals surface area (Å²) in [4.78, 5) is 49.9. The number of H-pyrrole nitrogens is 1. The number of nitrogens with zero attached hydrogens (tertiary/aromatic N) is 5. The van der Waals surface area contributed by atoms with Crippen molar-refractivity contribution >= 4 is 34.6 Å². The van der Waals surface area contributed by atoms with E-state index in [1.807, 2.05) is 64.5 Å². The quantitative estimate of drug-likeness (QED) is 0.333. The van der Waals surface area contributed by atoms with Gasteiger partial charge in [0, 0.05) is 68.7 Å². The Balaban J connectivity index is 1.04. The van der Waals surface area contributed by atoms with E-state index in [1.54, 1.807) is 17.3 Å². The number of benzene rings is 2. The van der Waals surface area contributed by atoms with Gasteiger partial charge in [-0.05, 0) is 65.8 Å². The first-order chi connectivity index (χ1) is 21.0. The van der Waals surface area contributed by atoms with Crippen LogP contribution in [0.2, 0.25) is 0 Å². The van der Waals surface area contributed by atoms with Gasteiger partial charge in [-0.15, -0.1) is 0 Å². The fourth-order valence-electron chi connectivity index (χ4n) is 6.55. The van der Waals surface area contributed by atoms with E-state index in [0.29, 0.717) is 58.4 Å². The van der Waals surface area contributed by atoms with Crippen molar-refractivity contribution < 1.29 is 14.4 Å². The molecule has 0 saturated carbocycles. The lowest BCUT2D eigenvalue weighted by Gasteiger charge is -2.40. The molecule has 0 radical (unpaired) electrons. The number of likely N-dealkylation sites (tertiary alicyclic amines) is 1. The minimum absolute atomic E-state index is 0.0462. The van der Waals surface area contributed by atoms with Crippen molar-refractivity contribution in [2.75, 3.05) is 25.0 Å². The van der Waals surface area contributed by atoms with Gasteiger partial charge >= 0.3 is 12.1 Å². The first-order valence-corrected chi connectivity index (χ1v) is 14.9. The number of carbonyl (C=O) groups is 3. The highest BCUT2D eigenvalue weighted by Crippen LogP contribution is 2.29. The third kappa shape index (κ3) is 5.38. The summed E-state index contributed by atoms with van der Waals surface area (Å²) in [6, 6.07) is 14.8. The number of rotatable bonds is 5. The van der Waals surface area contributed by atoms with E-state index < -0.39 is 6.04 Å².